The molecule has 0 spiro atoms. The van der Waals surface area contributed by atoms with E-state index in [9.17, 15) is 13.2 Å². The zero-order valence-corrected chi connectivity index (χ0v) is 25.4. The lowest BCUT2D eigenvalue weighted by molar-refractivity contribution is -0.0517. The molecule has 0 bridgehead atoms. The molecule has 0 unspecified atom stereocenters. The summed E-state index contributed by atoms with van der Waals surface area (Å²) in [6.07, 6.45) is 0. The molecule has 7 rings (SSSR count). The van der Waals surface area contributed by atoms with Crippen LogP contribution < -0.4 is 21.2 Å². The van der Waals surface area contributed by atoms with Crippen molar-refractivity contribution in [2.24, 2.45) is 0 Å². The van der Waals surface area contributed by atoms with Crippen LogP contribution in [0.1, 0.15) is 0 Å². The molecule has 45 heavy (non-hydrogen) atoms. The molecule has 0 saturated carbocycles. The molecular weight excluding hydrogens is 612 g/mol. The second-order valence-corrected chi connectivity index (χ2v) is 15.1. The van der Waals surface area contributed by atoms with Gasteiger partial charge in [-0.25, -0.2) is 8.42 Å². The largest absolute Gasteiger partial charge is 0.741 e. The first kappa shape index (κ1) is 30.5. The molecule has 8 heteroatoms. The average Bonchev–Trinajstić information content (AvgIpc) is 3.05. The molecule has 0 radical (unpaired) electrons. The highest BCUT2D eigenvalue weighted by atomic mass is 32.2. The van der Waals surface area contributed by atoms with Gasteiger partial charge in [-0.3, -0.25) is 0 Å². The first-order chi connectivity index (χ1) is 21.6. The van der Waals surface area contributed by atoms with Crippen LogP contribution in [-0.2, 0) is 10.1 Å². The Morgan fingerprint density at radius 1 is 0.444 bits per heavy atom. The van der Waals surface area contributed by atoms with E-state index in [0.29, 0.717) is 0 Å². The summed E-state index contributed by atoms with van der Waals surface area (Å²) in [5.41, 5.74) is -5.65. The lowest BCUT2D eigenvalue weighted by atomic mass is 10.1. The van der Waals surface area contributed by atoms with Gasteiger partial charge < -0.3 is 4.55 Å². The van der Waals surface area contributed by atoms with Crippen LogP contribution in [0.25, 0.3) is 32.3 Å². The van der Waals surface area contributed by atoms with Crippen molar-refractivity contribution in [3.63, 3.8) is 0 Å². The van der Waals surface area contributed by atoms with Crippen molar-refractivity contribution < 1.29 is 26.1 Å². The van der Waals surface area contributed by atoms with E-state index in [1.165, 1.54) is 53.5 Å². The number of halogens is 3. The molecule has 0 saturated heterocycles. The number of fused-ring (bicyclic) bond motifs is 3. The quantitative estimate of drug-likeness (QED) is 0.112. The maximum atomic E-state index is 10.7. The number of benzene rings is 7. The Bertz CT molecular complexity index is 2050. The minimum Gasteiger partial charge on any atom is -0.741 e. The molecule has 0 aliphatic rings. The van der Waals surface area contributed by atoms with Crippen LogP contribution in [0.15, 0.2) is 158 Å². The minimum absolute atomic E-state index is 1.28. The summed E-state index contributed by atoms with van der Waals surface area (Å²) in [5, 5.41) is 13.4. The van der Waals surface area contributed by atoms with Crippen molar-refractivity contribution in [2.45, 2.75) is 5.51 Å². The Balaban J connectivity index is 0.000000397. The SMILES string of the molecule is O=S(=O)([O-])C(F)(F)F.c1ccc([P+](c2cccc3ccccc23)(c2cccc3ccccc23)c2cccc3ccccc23)cc1. The predicted octanol–water partition coefficient (Wildman–Crippen LogP) is 7.82. The van der Waals surface area contributed by atoms with E-state index in [1.54, 1.807) is 0 Å². The van der Waals surface area contributed by atoms with Crippen molar-refractivity contribution >= 4 is 70.9 Å². The Kier molecular flexibility index (Phi) is 8.19. The molecule has 224 valence electrons. The maximum Gasteiger partial charge on any atom is 0.485 e. The van der Waals surface area contributed by atoms with Crippen LogP contribution >= 0.6 is 7.26 Å². The van der Waals surface area contributed by atoms with Gasteiger partial charge in [0.2, 0.25) is 0 Å². The molecule has 7 aromatic rings. The zero-order valence-electron chi connectivity index (χ0n) is 23.7. The number of alkyl halides is 3. The van der Waals surface area contributed by atoms with Gasteiger partial charge in [-0.1, -0.05) is 127 Å². The third-order valence-corrected chi connectivity index (χ3v) is 12.8. The standard InChI is InChI=1S/C36H26P.CHF3O3S/c1-2-19-30(20-3-1)37(34-24-10-16-27-13-4-7-21-31(27)34,35-25-11-17-28-14-5-8-22-32(28)35)36-26-12-18-29-15-6-9-23-33(29)36;2-1(3,4)8(5,6)7/h1-26H;(H,5,6,7)/q+1;/p-1. The first-order valence-corrected chi connectivity index (χ1v) is 17.2. The van der Waals surface area contributed by atoms with E-state index in [2.05, 4.69) is 158 Å². The molecule has 7 aromatic carbocycles. The van der Waals surface area contributed by atoms with Gasteiger partial charge in [-0.2, -0.15) is 13.2 Å². The highest BCUT2D eigenvalue weighted by Crippen LogP contribution is 2.57. The summed E-state index contributed by atoms with van der Waals surface area (Å²) in [4.78, 5) is 0. The lowest BCUT2D eigenvalue weighted by Crippen LogP contribution is -2.39. The average molecular weight is 639 g/mol. The Hall–Kier alpha value is -4.55. The van der Waals surface area contributed by atoms with Gasteiger partial charge in [0.1, 0.15) is 28.5 Å². The van der Waals surface area contributed by atoms with Crippen molar-refractivity contribution in [2.75, 3.05) is 0 Å². The van der Waals surface area contributed by atoms with Crippen LogP contribution in [-0.4, -0.2) is 18.5 Å². The molecule has 0 N–H and O–H groups in total. The van der Waals surface area contributed by atoms with E-state index >= 15 is 0 Å². The van der Waals surface area contributed by atoms with Crippen molar-refractivity contribution in [3.05, 3.63) is 158 Å². The van der Waals surface area contributed by atoms with Crippen LogP contribution in [0.4, 0.5) is 13.2 Å². The monoisotopic (exact) mass is 638 g/mol. The van der Waals surface area contributed by atoms with Gasteiger partial charge in [-0.05, 0) is 46.5 Å². The Morgan fingerprint density at radius 3 is 1.07 bits per heavy atom. The van der Waals surface area contributed by atoms with Crippen LogP contribution in [0.5, 0.6) is 0 Å². The van der Waals surface area contributed by atoms with Crippen molar-refractivity contribution in [1.29, 1.82) is 0 Å². The molecule has 0 fully saturated rings. The molecular formula is C37H26F3O3PS. The molecule has 0 amide bonds. The van der Waals surface area contributed by atoms with Gasteiger partial charge in [0.15, 0.2) is 10.1 Å². The Morgan fingerprint density at radius 2 is 0.733 bits per heavy atom. The zero-order chi connectivity index (χ0) is 31.7. The highest BCUT2D eigenvalue weighted by molar-refractivity contribution is 8.02. The summed E-state index contributed by atoms with van der Waals surface area (Å²) in [6.45, 7) is 0. The van der Waals surface area contributed by atoms with Crippen LogP contribution in [0.2, 0.25) is 0 Å². The molecule has 0 heterocycles. The van der Waals surface area contributed by atoms with Crippen LogP contribution in [0, 0.1) is 0 Å². The molecule has 0 aliphatic heterocycles. The fourth-order valence-corrected chi connectivity index (χ4v) is 10.8. The van der Waals surface area contributed by atoms with Crippen molar-refractivity contribution in [1.82, 2.24) is 0 Å². The predicted molar refractivity (Wildman–Crippen MR) is 179 cm³/mol. The number of hydrogen-bond acceptors (Lipinski definition) is 3. The minimum atomic E-state index is -6.09. The Labute approximate surface area is 259 Å². The van der Waals surface area contributed by atoms with E-state index < -0.39 is 22.9 Å². The van der Waals surface area contributed by atoms with E-state index in [-0.39, 0.29) is 0 Å². The number of hydrogen-bond donors (Lipinski definition) is 0. The second kappa shape index (κ2) is 12.1. The van der Waals surface area contributed by atoms with E-state index in [4.69, 9.17) is 13.0 Å². The second-order valence-electron chi connectivity index (χ2n) is 10.4. The van der Waals surface area contributed by atoms with Gasteiger partial charge in [0, 0.05) is 16.2 Å². The summed E-state index contributed by atoms with van der Waals surface area (Å²) in [6, 6.07) is 58.4. The fraction of sp³-hybridized carbons (Fsp3) is 0.0270. The summed E-state index contributed by atoms with van der Waals surface area (Å²) < 4.78 is 58.9. The molecule has 0 aliphatic carbocycles. The highest BCUT2D eigenvalue weighted by Gasteiger charge is 2.50. The third kappa shape index (κ3) is 5.59. The molecule has 0 atom stereocenters. The van der Waals surface area contributed by atoms with Gasteiger partial charge >= 0.3 is 5.51 Å². The fourth-order valence-electron chi connectivity index (χ4n) is 5.96. The molecule has 0 aromatic heterocycles. The number of rotatable bonds is 4. The van der Waals surface area contributed by atoms with Gasteiger partial charge in [0.05, 0.1) is 0 Å². The maximum absolute atomic E-state index is 10.7. The van der Waals surface area contributed by atoms with Gasteiger partial charge in [0.25, 0.3) is 0 Å². The normalized spacial score (nSPS) is 12.2. The first-order valence-electron chi connectivity index (χ1n) is 14.0. The molecule has 3 nitrogen and oxygen atoms in total. The summed E-state index contributed by atoms with van der Waals surface area (Å²) >= 11 is 0. The van der Waals surface area contributed by atoms with Crippen molar-refractivity contribution in [3.8, 4) is 0 Å². The summed E-state index contributed by atoms with van der Waals surface area (Å²) in [7, 11) is -8.43. The smallest absolute Gasteiger partial charge is 0.485 e. The van der Waals surface area contributed by atoms with E-state index in [0.717, 1.165) is 0 Å². The van der Waals surface area contributed by atoms with Crippen LogP contribution in [0.3, 0.4) is 0 Å². The van der Waals surface area contributed by atoms with Gasteiger partial charge in [-0.15, -0.1) is 0 Å². The topological polar surface area (TPSA) is 57.2 Å². The summed E-state index contributed by atoms with van der Waals surface area (Å²) in [5.74, 6) is 0. The third-order valence-electron chi connectivity index (χ3n) is 7.81. The lowest BCUT2D eigenvalue weighted by Gasteiger charge is -2.30. The van der Waals surface area contributed by atoms with E-state index in [1.807, 2.05) is 0 Å².